The minimum atomic E-state index is -0.939. The first-order valence-electron chi connectivity index (χ1n) is 6.39. The Morgan fingerprint density at radius 1 is 1.45 bits per heavy atom. The normalized spacial score (nSPS) is 19.8. The van der Waals surface area contributed by atoms with Crippen LogP contribution in [0.3, 0.4) is 0 Å². The highest BCUT2D eigenvalue weighted by Gasteiger charge is 2.29. The number of nitrogens with zero attached hydrogens (tertiary/aromatic N) is 2. The van der Waals surface area contributed by atoms with Crippen molar-refractivity contribution in [2.45, 2.75) is 26.1 Å². The molecule has 0 saturated carbocycles. The Morgan fingerprint density at radius 3 is 2.75 bits per heavy atom. The summed E-state index contributed by atoms with van der Waals surface area (Å²) in [5, 5.41) is 2.56. The van der Waals surface area contributed by atoms with Crippen LogP contribution in [-0.2, 0) is 9.59 Å². The van der Waals surface area contributed by atoms with Gasteiger partial charge in [0.1, 0.15) is 0 Å². The average molecular weight is 274 g/mol. The Morgan fingerprint density at radius 2 is 2.10 bits per heavy atom. The van der Waals surface area contributed by atoms with E-state index in [9.17, 15) is 9.59 Å². The zero-order chi connectivity index (χ0) is 14.9. The van der Waals surface area contributed by atoms with Crippen molar-refractivity contribution in [3.05, 3.63) is 29.8 Å². The molecule has 2 amide bonds. The van der Waals surface area contributed by atoms with Gasteiger partial charge in [0.2, 0.25) is 12.1 Å². The number of nitrogens with one attached hydrogen (secondary N) is 1. The Hall–Kier alpha value is -2.21. The number of fused-ring (bicyclic) bond motifs is 1. The van der Waals surface area contributed by atoms with Gasteiger partial charge in [0, 0.05) is 18.3 Å². The van der Waals surface area contributed by atoms with Crippen molar-refractivity contribution in [3.63, 3.8) is 0 Å². The number of nitrogens with two attached hydrogens (primary N) is 1. The summed E-state index contributed by atoms with van der Waals surface area (Å²) in [6.45, 7) is 3.38. The van der Waals surface area contributed by atoms with Crippen molar-refractivity contribution in [2.75, 3.05) is 11.9 Å². The van der Waals surface area contributed by atoms with E-state index in [-0.39, 0.29) is 5.91 Å². The lowest BCUT2D eigenvalue weighted by molar-refractivity contribution is -0.127. The van der Waals surface area contributed by atoms with E-state index in [1.54, 1.807) is 14.0 Å². The molecule has 0 aliphatic carbocycles. The molecule has 0 aromatic heterocycles. The quantitative estimate of drug-likeness (QED) is 0.811. The summed E-state index contributed by atoms with van der Waals surface area (Å²) in [4.78, 5) is 29.9. The summed E-state index contributed by atoms with van der Waals surface area (Å²) >= 11 is 0. The number of anilines is 1. The summed E-state index contributed by atoms with van der Waals surface area (Å²) in [5.74, 6) is -0.692. The largest absolute Gasteiger partial charge is 0.325 e. The van der Waals surface area contributed by atoms with Crippen LogP contribution in [0, 0.1) is 0 Å². The minimum Gasteiger partial charge on any atom is -0.325 e. The number of hydrogen-bond donors (Lipinski definition) is 2. The second-order valence-electron chi connectivity index (χ2n) is 4.83. The maximum Gasteiger partial charge on any atom is 0.272 e. The molecule has 6 heteroatoms. The molecule has 1 heterocycles. The van der Waals surface area contributed by atoms with Crippen LogP contribution in [0.25, 0.3) is 0 Å². The zero-order valence-corrected chi connectivity index (χ0v) is 11.8. The number of benzene rings is 1. The van der Waals surface area contributed by atoms with Crippen LogP contribution in [0.5, 0.6) is 0 Å². The number of hydrogen-bond acceptors (Lipinski definition) is 4. The minimum absolute atomic E-state index is 0.289. The molecule has 1 aromatic carbocycles. The van der Waals surface area contributed by atoms with E-state index in [0.29, 0.717) is 5.71 Å². The Labute approximate surface area is 117 Å². The molecular formula is C14H18N4O2. The number of amides is 2. The van der Waals surface area contributed by atoms with Gasteiger partial charge in [0.25, 0.3) is 5.91 Å². The van der Waals surface area contributed by atoms with Crippen LogP contribution in [0.4, 0.5) is 5.69 Å². The molecule has 0 saturated heterocycles. The molecule has 1 aliphatic heterocycles. The number of carbonyl (C=O) groups is 2. The van der Waals surface area contributed by atoms with Gasteiger partial charge >= 0.3 is 0 Å². The third-order valence-corrected chi connectivity index (χ3v) is 3.23. The second-order valence-corrected chi connectivity index (χ2v) is 4.83. The van der Waals surface area contributed by atoms with Gasteiger partial charge in [-0.1, -0.05) is 18.2 Å². The van der Waals surface area contributed by atoms with Crippen molar-refractivity contribution in [2.24, 2.45) is 10.7 Å². The van der Waals surface area contributed by atoms with Crippen molar-refractivity contribution in [3.8, 4) is 0 Å². The number of benzodiazepines with no additional fused rings is 1. The molecule has 2 rings (SSSR count). The molecule has 0 fully saturated rings. The fourth-order valence-electron chi connectivity index (χ4n) is 2.05. The van der Waals surface area contributed by atoms with E-state index >= 15 is 0 Å². The van der Waals surface area contributed by atoms with Crippen molar-refractivity contribution >= 4 is 23.2 Å². The molecule has 1 unspecified atom stereocenters. The van der Waals surface area contributed by atoms with E-state index < -0.39 is 18.1 Å². The number of rotatable bonds is 2. The van der Waals surface area contributed by atoms with Gasteiger partial charge in [-0.25, -0.2) is 0 Å². The van der Waals surface area contributed by atoms with Crippen molar-refractivity contribution < 1.29 is 9.59 Å². The van der Waals surface area contributed by atoms with E-state index in [0.717, 1.165) is 11.3 Å². The first-order chi connectivity index (χ1) is 9.41. The predicted molar refractivity (Wildman–Crippen MR) is 77.6 cm³/mol. The summed E-state index contributed by atoms with van der Waals surface area (Å²) in [6, 6.07) is 6.80. The average Bonchev–Trinajstić information content (AvgIpc) is 2.51. The predicted octanol–water partition coefficient (Wildman–Crippen LogP) is 0.262. The maximum atomic E-state index is 12.4. The number of para-hydroxylation sites is 1. The summed E-state index contributed by atoms with van der Waals surface area (Å²) in [7, 11) is 1.67. The lowest BCUT2D eigenvalue weighted by Gasteiger charge is -2.21. The molecule has 1 aliphatic rings. The highest BCUT2D eigenvalue weighted by molar-refractivity contribution is 6.12. The Bertz CT molecular complexity index is 580. The van der Waals surface area contributed by atoms with Crippen LogP contribution >= 0.6 is 0 Å². The van der Waals surface area contributed by atoms with Crippen molar-refractivity contribution in [1.82, 2.24) is 5.32 Å². The molecule has 6 nitrogen and oxygen atoms in total. The highest BCUT2D eigenvalue weighted by Crippen LogP contribution is 2.23. The van der Waals surface area contributed by atoms with E-state index in [2.05, 4.69) is 10.3 Å². The Kier molecular flexibility index (Phi) is 3.85. The first-order valence-corrected chi connectivity index (χ1v) is 6.39. The lowest BCUT2D eigenvalue weighted by atomic mass is 10.1. The van der Waals surface area contributed by atoms with Gasteiger partial charge < -0.3 is 16.0 Å². The fraction of sp³-hybridized carbons (Fsp3) is 0.357. The van der Waals surface area contributed by atoms with Gasteiger partial charge in [-0.2, -0.15) is 0 Å². The molecule has 106 valence electrons. The number of carbonyl (C=O) groups excluding carboxylic acids is 2. The summed E-state index contributed by atoms with van der Waals surface area (Å²) in [6.07, 6.45) is -0.939. The van der Waals surface area contributed by atoms with E-state index in [1.807, 2.05) is 31.2 Å². The van der Waals surface area contributed by atoms with Crippen LogP contribution in [0.1, 0.15) is 19.4 Å². The van der Waals surface area contributed by atoms with Gasteiger partial charge in [0.05, 0.1) is 11.7 Å². The fourth-order valence-corrected chi connectivity index (χ4v) is 2.05. The van der Waals surface area contributed by atoms with Crippen molar-refractivity contribution in [1.29, 1.82) is 0 Å². The monoisotopic (exact) mass is 274 g/mol. The van der Waals surface area contributed by atoms with Gasteiger partial charge in [-0.15, -0.1) is 0 Å². The summed E-state index contributed by atoms with van der Waals surface area (Å²) < 4.78 is 0. The molecule has 2 atom stereocenters. The number of likely N-dealkylation sites (N-methyl/N-ethyl adjacent to an activating group) is 1. The standard InChI is InChI=1S/C14H18N4O2/c1-8(15)13(19)17-12-14(20)18(3)11-7-5-4-6-10(11)9(2)16-12/h4-8,12H,15H2,1-3H3,(H,17,19)/t8-,12?/m0/s1. The third-order valence-electron chi connectivity index (χ3n) is 3.23. The molecule has 1 aromatic rings. The maximum absolute atomic E-state index is 12.4. The first kappa shape index (κ1) is 14.2. The SMILES string of the molecule is CC1=NC(NC(=O)[C@H](C)N)C(=O)N(C)c2ccccc21. The van der Waals surface area contributed by atoms with E-state index in [4.69, 9.17) is 5.73 Å². The summed E-state index contributed by atoms with van der Waals surface area (Å²) in [5.41, 5.74) is 7.86. The van der Waals surface area contributed by atoms with Crippen LogP contribution in [0.2, 0.25) is 0 Å². The van der Waals surface area contributed by atoms with Gasteiger partial charge in [0.15, 0.2) is 0 Å². The van der Waals surface area contributed by atoms with Crippen LogP contribution in [0.15, 0.2) is 29.3 Å². The highest BCUT2D eigenvalue weighted by atomic mass is 16.2. The topological polar surface area (TPSA) is 87.8 Å². The molecule has 0 radical (unpaired) electrons. The zero-order valence-electron chi connectivity index (χ0n) is 11.8. The van der Waals surface area contributed by atoms with E-state index in [1.165, 1.54) is 4.90 Å². The second kappa shape index (κ2) is 5.42. The van der Waals surface area contributed by atoms with Gasteiger partial charge in [-0.05, 0) is 19.9 Å². The number of aliphatic imine (C=N–C) groups is 1. The lowest BCUT2D eigenvalue weighted by Crippen LogP contribution is -2.50. The Balaban J connectivity index is 2.38. The molecular weight excluding hydrogens is 256 g/mol. The van der Waals surface area contributed by atoms with Crippen LogP contribution < -0.4 is 16.0 Å². The molecule has 0 spiro atoms. The molecule has 20 heavy (non-hydrogen) atoms. The third kappa shape index (κ3) is 2.55. The van der Waals surface area contributed by atoms with Gasteiger partial charge in [-0.3, -0.25) is 14.6 Å². The van der Waals surface area contributed by atoms with Crippen LogP contribution in [-0.4, -0.2) is 36.8 Å². The molecule has 3 N–H and O–H groups in total. The smallest absolute Gasteiger partial charge is 0.272 e. The molecule has 0 bridgehead atoms.